The van der Waals surface area contributed by atoms with Gasteiger partial charge in [0, 0.05) is 29.4 Å². The van der Waals surface area contributed by atoms with Crippen molar-refractivity contribution in [1.82, 2.24) is 14.7 Å². The lowest BCUT2D eigenvalue weighted by molar-refractivity contribution is -0.140. The molecule has 7 nitrogen and oxygen atoms in total. The highest BCUT2D eigenvalue weighted by atomic mass is 16.5. The highest BCUT2D eigenvalue weighted by Gasteiger charge is 2.35. The summed E-state index contributed by atoms with van der Waals surface area (Å²) in [5.41, 5.74) is 4.68. The monoisotopic (exact) mass is 556 g/mol. The minimum absolute atomic E-state index is 0.0300. The van der Waals surface area contributed by atoms with Crippen molar-refractivity contribution in [1.29, 1.82) is 5.26 Å². The van der Waals surface area contributed by atoms with Crippen molar-refractivity contribution in [2.24, 2.45) is 5.92 Å². The molecule has 0 fully saturated rings. The second-order valence-corrected chi connectivity index (χ2v) is 10.6. The van der Waals surface area contributed by atoms with Crippen LogP contribution in [0.1, 0.15) is 31.9 Å². The highest BCUT2D eigenvalue weighted by Crippen LogP contribution is 2.32. The molecule has 0 aliphatic carbocycles. The zero-order valence-electron chi connectivity index (χ0n) is 23.9. The van der Waals surface area contributed by atoms with E-state index in [-0.39, 0.29) is 12.1 Å². The summed E-state index contributed by atoms with van der Waals surface area (Å²) in [5.74, 6) is 0.183. The van der Waals surface area contributed by atoms with Gasteiger partial charge in [-0.05, 0) is 72.9 Å². The van der Waals surface area contributed by atoms with Crippen molar-refractivity contribution in [2.75, 3.05) is 13.2 Å². The molecule has 0 saturated heterocycles. The number of imide groups is 1. The molecule has 4 aromatic rings. The molecule has 0 radical (unpaired) electrons. The minimum Gasteiger partial charge on any atom is -0.493 e. The predicted octanol–water partition coefficient (Wildman–Crippen LogP) is 6.41. The number of benzene rings is 3. The summed E-state index contributed by atoms with van der Waals surface area (Å²) >= 11 is 0. The van der Waals surface area contributed by atoms with Gasteiger partial charge in [-0.25, -0.2) is 4.68 Å². The molecule has 210 valence electrons. The first-order chi connectivity index (χ1) is 20.4. The number of nitrogens with zero attached hydrogens (tertiary/aromatic N) is 4. The number of hydrogen-bond acceptors (Lipinski definition) is 5. The van der Waals surface area contributed by atoms with E-state index in [0.29, 0.717) is 41.3 Å². The van der Waals surface area contributed by atoms with E-state index in [1.54, 1.807) is 17.7 Å². The first-order valence-electron chi connectivity index (χ1n) is 14.0. The van der Waals surface area contributed by atoms with Crippen LogP contribution in [0.2, 0.25) is 0 Å². The number of ether oxygens (including phenoxy) is 1. The molecule has 0 atom stereocenters. The van der Waals surface area contributed by atoms with E-state index in [4.69, 9.17) is 9.84 Å². The maximum atomic E-state index is 13.8. The summed E-state index contributed by atoms with van der Waals surface area (Å²) in [7, 11) is 0. The van der Waals surface area contributed by atoms with Crippen molar-refractivity contribution in [3.8, 4) is 28.8 Å². The number of para-hydroxylation sites is 1. The third-order valence-electron chi connectivity index (χ3n) is 7.07. The Morgan fingerprint density at radius 3 is 2.24 bits per heavy atom. The molecule has 0 N–H and O–H groups in total. The number of amides is 2. The molecule has 1 aliphatic heterocycles. The van der Waals surface area contributed by atoms with Crippen LogP contribution in [0.3, 0.4) is 0 Å². The number of aromatic nitrogens is 2. The zero-order valence-corrected chi connectivity index (χ0v) is 23.9. The van der Waals surface area contributed by atoms with E-state index in [9.17, 15) is 14.9 Å². The van der Waals surface area contributed by atoms with Gasteiger partial charge >= 0.3 is 0 Å². The Balaban J connectivity index is 1.56. The zero-order chi connectivity index (χ0) is 29.6. The summed E-state index contributed by atoms with van der Waals surface area (Å²) < 4.78 is 7.62. The molecular formula is C35H32N4O3. The van der Waals surface area contributed by atoms with Crippen LogP contribution in [0.15, 0.2) is 108 Å². The van der Waals surface area contributed by atoms with Crippen LogP contribution in [0.4, 0.5) is 0 Å². The Hall–Kier alpha value is -5.22. The van der Waals surface area contributed by atoms with Crippen LogP contribution in [0.5, 0.6) is 5.75 Å². The maximum Gasteiger partial charge on any atom is 0.271 e. The Labute approximate surface area is 246 Å². The third-order valence-corrected chi connectivity index (χ3v) is 7.07. The fourth-order valence-corrected chi connectivity index (χ4v) is 4.78. The molecule has 5 rings (SSSR count). The van der Waals surface area contributed by atoms with E-state index in [1.807, 2.05) is 97.2 Å². The molecule has 0 spiro atoms. The van der Waals surface area contributed by atoms with Gasteiger partial charge in [0.1, 0.15) is 17.4 Å². The van der Waals surface area contributed by atoms with Gasteiger partial charge in [-0.15, -0.1) is 0 Å². The Bertz CT molecular complexity index is 1690. The molecule has 0 unspecified atom stereocenters. The first kappa shape index (κ1) is 28.3. The van der Waals surface area contributed by atoms with Gasteiger partial charge in [-0.3, -0.25) is 14.5 Å². The summed E-state index contributed by atoms with van der Waals surface area (Å²) in [6, 6.07) is 29.1. The number of rotatable bonds is 9. The number of hydrogen-bond donors (Lipinski definition) is 0. The van der Waals surface area contributed by atoms with Gasteiger partial charge in [0.2, 0.25) is 0 Å². The lowest BCUT2D eigenvalue weighted by Gasteiger charge is -2.27. The minimum atomic E-state index is -0.565. The van der Waals surface area contributed by atoms with Gasteiger partial charge in [0.25, 0.3) is 11.8 Å². The quantitative estimate of drug-likeness (QED) is 0.176. The molecule has 0 bridgehead atoms. The van der Waals surface area contributed by atoms with Crippen LogP contribution >= 0.6 is 0 Å². The van der Waals surface area contributed by atoms with Crippen LogP contribution in [-0.2, 0) is 16.0 Å². The maximum absolute atomic E-state index is 13.8. The normalized spacial score (nSPS) is 14.5. The average Bonchev–Trinajstić information content (AvgIpc) is 3.43. The van der Waals surface area contributed by atoms with Gasteiger partial charge < -0.3 is 4.74 Å². The van der Waals surface area contributed by atoms with Crippen molar-refractivity contribution >= 4 is 17.9 Å². The van der Waals surface area contributed by atoms with E-state index < -0.39 is 11.8 Å². The Morgan fingerprint density at radius 2 is 1.60 bits per heavy atom. The molecular weight excluding hydrogens is 524 g/mol. The lowest BCUT2D eigenvalue weighted by atomic mass is 9.93. The van der Waals surface area contributed by atoms with Crippen molar-refractivity contribution in [2.45, 2.75) is 27.2 Å². The summed E-state index contributed by atoms with van der Waals surface area (Å²) in [4.78, 5) is 28.1. The van der Waals surface area contributed by atoms with E-state index in [0.717, 1.165) is 22.6 Å². The van der Waals surface area contributed by atoms with Crippen molar-refractivity contribution in [3.63, 3.8) is 0 Å². The summed E-state index contributed by atoms with van der Waals surface area (Å²) in [6.07, 6.45) is 4.09. The van der Waals surface area contributed by atoms with Gasteiger partial charge in [-0.1, -0.05) is 62.4 Å². The first-order valence-corrected chi connectivity index (χ1v) is 14.0. The Morgan fingerprint density at radius 1 is 0.929 bits per heavy atom. The van der Waals surface area contributed by atoms with Crippen molar-refractivity contribution in [3.05, 3.63) is 119 Å². The topological polar surface area (TPSA) is 88.2 Å². The van der Waals surface area contributed by atoms with Crippen molar-refractivity contribution < 1.29 is 14.3 Å². The van der Waals surface area contributed by atoms with E-state index in [1.165, 1.54) is 4.90 Å². The smallest absolute Gasteiger partial charge is 0.271 e. The largest absolute Gasteiger partial charge is 0.493 e. The van der Waals surface area contributed by atoms with Crippen LogP contribution in [-0.4, -0.2) is 39.6 Å². The van der Waals surface area contributed by atoms with Gasteiger partial charge in [-0.2, -0.15) is 10.4 Å². The summed E-state index contributed by atoms with van der Waals surface area (Å²) in [6.45, 7) is 6.64. The standard InChI is InChI=1S/C35H32N4O3/c1-24(2)23-42-30-16-14-27(15-17-30)33-28(22-39(37-33)29-12-8-5-9-13-29)20-31-25(3)32(21-36)35(41)38(34(31)40)19-18-26-10-6-4-7-11-26/h4-17,20,22,24H,18-19,23H2,1-3H3/b31-20+. The fourth-order valence-electron chi connectivity index (χ4n) is 4.78. The fraction of sp³-hybridized carbons (Fsp3) is 0.200. The van der Waals surface area contributed by atoms with Gasteiger partial charge in [0.15, 0.2) is 0 Å². The average molecular weight is 557 g/mol. The molecule has 2 heterocycles. The van der Waals surface area contributed by atoms with Crippen LogP contribution in [0.25, 0.3) is 23.0 Å². The molecule has 1 aromatic heterocycles. The third kappa shape index (κ3) is 6.08. The second kappa shape index (κ2) is 12.5. The molecule has 1 aliphatic rings. The van der Waals surface area contributed by atoms with E-state index >= 15 is 0 Å². The molecule has 3 aromatic carbocycles. The molecule has 7 heteroatoms. The highest BCUT2D eigenvalue weighted by molar-refractivity contribution is 6.19. The molecule has 2 amide bonds. The predicted molar refractivity (Wildman–Crippen MR) is 162 cm³/mol. The SMILES string of the molecule is CC1=C(C#N)C(=O)N(CCc2ccccc2)C(=O)/C1=C/c1cn(-c2ccccc2)nc1-c1ccc(OCC(C)C)cc1. The number of nitriles is 1. The molecule has 0 saturated carbocycles. The lowest BCUT2D eigenvalue weighted by Crippen LogP contribution is -2.43. The number of carbonyl (C=O) groups excluding carboxylic acids is 2. The Kier molecular flexibility index (Phi) is 8.44. The van der Waals surface area contributed by atoms with Crippen LogP contribution < -0.4 is 4.74 Å². The second-order valence-electron chi connectivity index (χ2n) is 10.6. The summed E-state index contributed by atoms with van der Waals surface area (Å²) in [5, 5.41) is 14.7. The molecule has 42 heavy (non-hydrogen) atoms. The number of carbonyl (C=O) groups is 2. The van der Waals surface area contributed by atoms with Crippen LogP contribution in [0, 0.1) is 17.2 Å². The van der Waals surface area contributed by atoms with E-state index in [2.05, 4.69) is 13.8 Å². The van der Waals surface area contributed by atoms with Gasteiger partial charge in [0.05, 0.1) is 18.0 Å².